The summed E-state index contributed by atoms with van der Waals surface area (Å²) in [6, 6.07) is 7.60. The number of nitrogens with one attached hydrogen (secondary N) is 2. The van der Waals surface area contributed by atoms with Gasteiger partial charge in [-0.3, -0.25) is 19.4 Å². The molecule has 7 rings (SSSR count). The number of thiophene rings is 1. The zero-order chi connectivity index (χ0) is 32.5. The van der Waals surface area contributed by atoms with Gasteiger partial charge in [-0.15, -0.1) is 11.3 Å². The highest BCUT2D eigenvalue weighted by Gasteiger charge is 2.61. The van der Waals surface area contributed by atoms with Crippen LogP contribution in [0.15, 0.2) is 54.1 Å². The van der Waals surface area contributed by atoms with Gasteiger partial charge in [0.05, 0.1) is 28.1 Å². The molecule has 12 heteroatoms. The van der Waals surface area contributed by atoms with Crippen molar-refractivity contribution in [1.29, 1.82) is 0 Å². The fraction of sp³-hybridized carbons (Fsp3) is 0.486. The average molecular weight is 658 g/mol. The van der Waals surface area contributed by atoms with Crippen molar-refractivity contribution in [2.75, 3.05) is 6.54 Å². The summed E-state index contributed by atoms with van der Waals surface area (Å²) in [6.07, 6.45) is 11.7. The second-order valence-electron chi connectivity index (χ2n) is 13.2. The highest BCUT2D eigenvalue weighted by molar-refractivity contribution is 7.17. The van der Waals surface area contributed by atoms with Crippen molar-refractivity contribution in [3.8, 4) is 17.1 Å². The van der Waals surface area contributed by atoms with Gasteiger partial charge in [-0.25, -0.2) is 9.78 Å². The number of carboxylic acid groups (broad SMARTS) is 1. The van der Waals surface area contributed by atoms with Crippen molar-refractivity contribution in [2.45, 2.75) is 87.9 Å². The smallest absolute Gasteiger partial charge is 0.330 e. The minimum Gasteiger partial charge on any atom is -0.487 e. The van der Waals surface area contributed by atoms with Crippen LogP contribution < -0.4 is 15.4 Å². The Morgan fingerprint density at radius 3 is 2.79 bits per heavy atom. The van der Waals surface area contributed by atoms with E-state index in [2.05, 4.69) is 15.6 Å². The summed E-state index contributed by atoms with van der Waals surface area (Å²) in [5.74, 6) is -1.46. The molecule has 3 N–H and O–H groups in total. The Bertz CT molecular complexity index is 1710. The second kappa shape index (κ2) is 13.1. The third-order valence-electron chi connectivity index (χ3n) is 9.73. The van der Waals surface area contributed by atoms with E-state index in [0.29, 0.717) is 42.3 Å². The van der Waals surface area contributed by atoms with E-state index >= 15 is 0 Å². The number of carbonyl (C=O) groups excluding carboxylic acids is 3. The first-order valence-electron chi connectivity index (χ1n) is 16.6. The molecule has 3 fully saturated rings. The number of carboxylic acids is 1. The van der Waals surface area contributed by atoms with Crippen LogP contribution in [0.5, 0.6) is 5.75 Å². The normalized spacial score (nSPS) is 28.7. The first kappa shape index (κ1) is 31.3. The van der Waals surface area contributed by atoms with E-state index in [0.717, 1.165) is 48.7 Å². The van der Waals surface area contributed by atoms with E-state index in [4.69, 9.17) is 9.72 Å². The summed E-state index contributed by atoms with van der Waals surface area (Å²) in [7, 11) is 0. The lowest BCUT2D eigenvalue weighted by molar-refractivity contribution is -0.146. The summed E-state index contributed by atoms with van der Waals surface area (Å²) in [6.45, 7) is 0.115. The number of rotatable bonds is 7. The van der Waals surface area contributed by atoms with Crippen molar-refractivity contribution in [2.24, 2.45) is 11.8 Å². The van der Waals surface area contributed by atoms with E-state index in [1.165, 1.54) is 16.2 Å². The summed E-state index contributed by atoms with van der Waals surface area (Å²) >= 11 is 1.49. The molecule has 2 aliphatic heterocycles. The van der Waals surface area contributed by atoms with Crippen LogP contribution in [0.1, 0.15) is 64.2 Å². The van der Waals surface area contributed by atoms with Gasteiger partial charge < -0.3 is 25.4 Å². The lowest BCUT2D eigenvalue weighted by atomic mass is 10.0. The molecule has 0 aromatic carbocycles. The van der Waals surface area contributed by atoms with Gasteiger partial charge in [0, 0.05) is 31.0 Å². The van der Waals surface area contributed by atoms with Gasteiger partial charge >= 0.3 is 5.97 Å². The topological polar surface area (TPSA) is 151 Å². The molecular weight excluding hydrogens is 618 g/mol. The molecule has 0 bridgehead atoms. The van der Waals surface area contributed by atoms with E-state index in [-0.39, 0.29) is 30.7 Å². The average Bonchev–Trinajstić information content (AvgIpc) is 3.89. The molecule has 1 saturated heterocycles. The largest absolute Gasteiger partial charge is 0.487 e. The van der Waals surface area contributed by atoms with Crippen molar-refractivity contribution < 1.29 is 29.0 Å². The summed E-state index contributed by atoms with van der Waals surface area (Å²) < 4.78 is 7.43. The SMILES string of the molecule is O=C(CC1CC1)N[C@H]1CCCCC/C=C\[C@@H]2C[C@@]2(C(=O)O)NC(=O)[C@@H]2C[C@@H](Oc3cc(-c4ccccn4)nc4ccsc34)CN2C1=O. The minimum absolute atomic E-state index is 0.115. The summed E-state index contributed by atoms with van der Waals surface area (Å²) in [5.41, 5.74) is 0.689. The molecule has 11 nitrogen and oxygen atoms in total. The molecule has 0 unspecified atom stereocenters. The standard InChI is InChI=1S/C35H39N5O6S/c41-30(16-21-11-12-21)38-26-10-5-3-1-2-4-8-22-19-35(22,34(44)45)39-32(42)28-17-23(20-40(28)33(26)43)46-29-18-27(24-9-6-7-14-36-24)37-25-13-15-47-31(25)29/h4,6-9,13-15,18,21-23,26,28H,1-3,5,10-12,16-17,19-20H2,(H,38,41)(H,39,42)(H,44,45)/b8-4-/t22-,23-,26+,28+,35-/m1/s1. The third-order valence-corrected chi connectivity index (χ3v) is 10.6. The second-order valence-corrected chi connectivity index (χ2v) is 14.2. The maximum absolute atomic E-state index is 14.3. The first-order chi connectivity index (χ1) is 22.8. The van der Waals surface area contributed by atoms with Crippen molar-refractivity contribution in [3.63, 3.8) is 0 Å². The number of ether oxygens (including phenoxy) is 1. The zero-order valence-electron chi connectivity index (χ0n) is 26.1. The van der Waals surface area contributed by atoms with Crippen LogP contribution in [-0.4, -0.2) is 73.9 Å². The van der Waals surface area contributed by atoms with Gasteiger partial charge in [-0.2, -0.15) is 0 Å². The molecule has 2 aliphatic carbocycles. The lowest BCUT2D eigenvalue weighted by Crippen LogP contribution is -2.56. The Hall–Kier alpha value is -4.32. The van der Waals surface area contributed by atoms with Crippen molar-refractivity contribution >= 4 is 45.2 Å². The molecule has 3 aromatic rings. The number of carbonyl (C=O) groups is 4. The quantitative estimate of drug-likeness (QED) is 0.315. The fourth-order valence-corrected chi connectivity index (χ4v) is 7.61. The molecule has 2 saturated carbocycles. The number of hydrogen-bond donors (Lipinski definition) is 3. The Kier molecular flexibility index (Phi) is 8.69. The van der Waals surface area contributed by atoms with Crippen molar-refractivity contribution in [3.05, 3.63) is 54.1 Å². The monoisotopic (exact) mass is 657 g/mol. The van der Waals surface area contributed by atoms with Gasteiger partial charge in [0.1, 0.15) is 29.5 Å². The van der Waals surface area contributed by atoms with E-state index < -0.39 is 35.6 Å². The van der Waals surface area contributed by atoms with Crippen LogP contribution in [0.3, 0.4) is 0 Å². The van der Waals surface area contributed by atoms with Crippen LogP contribution in [0.2, 0.25) is 0 Å². The Balaban J connectivity index is 1.18. The molecule has 3 aromatic heterocycles. The number of aliphatic carboxylic acids is 1. The van der Waals surface area contributed by atoms with Gasteiger partial charge in [-0.1, -0.05) is 31.1 Å². The number of hydrogen-bond acceptors (Lipinski definition) is 8. The first-order valence-corrected chi connectivity index (χ1v) is 17.5. The molecule has 5 atom stereocenters. The van der Waals surface area contributed by atoms with Crippen LogP contribution in [-0.2, 0) is 19.2 Å². The molecule has 0 radical (unpaired) electrons. The summed E-state index contributed by atoms with van der Waals surface area (Å²) in [4.78, 5) is 64.3. The Labute approximate surface area is 276 Å². The fourth-order valence-electron chi connectivity index (χ4n) is 6.82. The zero-order valence-corrected chi connectivity index (χ0v) is 26.9. The summed E-state index contributed by atoms with van der Waals surface area (Å²) in [5, 5.41) is 17.9. The third kappa shape index (κ3) is 6.74. The van der Waals surface area contributed by atoms with Crippen LogP contribution in [0.4, 0.5) is 0 Å². The number of aromatic nitrogens is 2. The molecular formula is C35H39N5O6S. The van der Waals surface area contributed by atoms with E-state index in [9.17, 15) is 24.3 Å². The van der Waals surface area contributed by atoms with Crippen LogP contribution in [0, 0.1) is 11.8 Å². The lowest BCUT2D eigenvalue weighted by Gasteiger charge is -2.29. The molecule has 0 spiro atoms. The number of amides is 3. The van der Waals surface area contributed by atoms with Gasteiger partial charge in [-0.05, 0) is 68.0 Å². The number of nitrogens with zero attached hydrogens (tertiary/aromatic N) is 3. The maximum atomic E-state index is 14.3. The molecule has 5 heterocycles. The molecule has 47 heavy (non-hydrogen) atoms. The molecule has 3 amide bonds. The number of fused-ring (bicyclic) bond motifs is 3. The van der Waals surface area contributed by atoms with Crippen molar-refractivity contribution in [1.82, 2.24) is 25.5 Å². The van der Waals surface area contributed by atoms with E-state index in [1.54, 1.807) is 6.20 Å². The number of pyridine rings is 2. The van der Waals surface area contributed by atoms with Gasteiger partial charge in [0.15, 0.2) is 0 Å². The molecule has 246 valence electrons. The molecule has 4 aliphatic rings. The minimum atomic E-state index is -1.40. The van der Waals surface area contributed by atoms with Crippen LogP contribution in [0.25, 0.3) is 21.6 Å². The number of allylic oxidation sites excluding steroid dienone is 1. The predicted molar refractivity (Wildman–Crippen MR) is 175 cm³/mol. The highest BCUT2D eigenvalue weighted by atomic mass is 32.1. The van der Waals surface area contributed by atoms with Gasteiger partial charge in [0.2, 0.25) is 17.7 Å². The maximum Gasteiger partial charge on any atom is 0.330 e. The predicted octanol–water partition coefficient (Wildman–Crippen LogP) is 4.47. The van der Waals surface area contributed by atoms with Crippen LogP contribution >= 0.6 is 11.3 Å². The Morgan fingerprint density at radius 1 is 1.13 bits per heavy atom. The van der Waals surface area contributed by atoms with E-state index in [1.807, 2.05) is 47.9 Å². The highest BCUT2D eigenvalue weighted by Crippen LogP contribution is 2.45. The Morgan fingerprint density at radius 2 is 2.00 bits per heavy atom. The van der Waals surface area contributed by atoms with Gasteiger partial charge in [0.25, 0.3) is 0 Å².